The van der Waals surface area contributed by atoms with Crippen LogP contribution in [0.4, 0.5) is 23.7 Å². The Hall–Kier alpha value is -4.45. The topological polar surface area (TPSA) is 140 Å². The molecule has 1 heterocycles. The van der Waals surface area contributed by atoms with Gasteiger partial charge in [-0.1, -0.05) is 36.4 Å². The molecule has 1 saturated heterocycles. The number of carbonyl (C=O) groups is 2. The highest BCUT2D eigenvalue weighted by molar-refractivity contribution is 7.89. The highest BCUT2D eigenvalue weighted by Gasteiger charge is 2.46. The zero-order chi connectivity index (χ0) is 36.4. The summed E-state index contributed by atoms with van der Waals surface area (Å²) in [7, 11) is -0.779. The predicted octanol–water partition coefficient (Wildman–Crippen LogP) is 6.05. The second kappa shape index (κ2) is 14.2. The number of hydrogen-bond donors (Lipinski definition) is 2. The first kappa shape index (κ1) is 37.4. The SMILES string of the molecule is CN(C)S(=O)(=O)c1ccc(-c2cccc(CC(O)(C(=O)Nc3ccc(C#N)c(C(F)(F)F)c3)C3CCN(C(=O)OC(C)(C)C)CC3)c2)cc1. The molecule has 0 aliphatic carbocycles. The van der Waals surface area contributed by atoms with Gasteiger partial charge in [0.2, 0.25) is 10.0 Å². The van der Waals surface area contributed by atoms with Crippen molar-refractivity contribution in [2.75, 3.05) is 32.5 Å². The van der Waals surface area contributed by atoms with E-state index in [0.29, 0.717) is 22.8 Å². The van der Waals surface area contributed by atoms with Gasteiger partial charge in [-0.05, 0) is 80.6 Å². The molecule has 1 aliphatic heterocycles. The van der Waals surface area contributed by atoms with Crippen LogP contribution in [0.15, 0.2) is 71.6 Å². The fraction of sp³-hybridized carbons (Fsp3) is 0.400. The van der Waals surface area contributed by atoms with Crippen LogP contribution in [0.3, 0.4) is 0 Å². The van der Waals surface area contributed by atoms with Crippen molar-refractivity contribution in [1.82, 2.24) is 9.21 Å². The lowest BCUT2D eigenvalue weighted by atomic mass is 9.76. The van der Waals surface area contributed by atoms with Gasteiger partial charge in [0.25, 0.3) is 5.91 Å². The van der Waals surface area contributed by atoms with Crippen molar-refractivity contribution in [3.8, 4) is 17.2 Å². The average Bonchev–Trinajstić information content (AvgIpc) is 3.03. The molecule has 1 unspecified atom stereocenters. The van der Waals surface area contributed by atoms with E-state index >= 15 is 0 Å². The highest BCUT2D eigenvalue weighted by atomic mass is 32.2. The van der Waals surface area contributed by atoms with Crippen LogP contribution in [0.5, 0.6) is 0 Å². The molecule has 3 aromatic carbocycles. The van der Waals surface area contributed by atoms with Crippen LogP contribution >= 0.6 is 0 Å². The Bertz CT molecular complexity index is 1840. The molecular formula is C35H39F3N4O6S. The summed E-state index contributed by atoms with van der Waals surface area (Å²) in [6.07, 6.45) is -5.21. The number of aliphatic hydroxyl groups is 1. The number of alkyl halides is 3. The molecule has 10 nitrogen and oxygen atoms in total. The largest absolute Gasteiger partial charge is 0.444 e. The zero-order valence-electron chi connectivity index (χ0n) is 27.8. The number of likely N-dealkylation sites (tertiary alicyclic amines) is 1. The van der Waals surface area contributed by atoms with Gasteiger partial charge in [0.05, 0.1) is 22.1 Å². The van der Waals surface area contributed by atoms with Gasteiger partial charge in [0.1, 0.15) is 11.2 Å². The second-order valence-electron chi connectivity index (χ2n) is 13.2. The van der Waals surface area contributed by atoms with Crippen LogP contribution in [-0.4, -0.2) is 73.1 Å². The maximum Gasteiger partial charge on any atom is 0.417 e. The van der Waals surface area contributed by atoms with Gasteiger partial charge in [-0.3, -0.25) is 4.79 Å². The van der Waals surface area contributed by atoms with Crippen molar-refractivity contribution in [2.45, 2.75) is 62.3 Å². The Morgan fingerprint density at radius 3 is 2.18 bits per heavy atom. The Labute approximate surface area is 284 Å². The van der Waals surface area contributed by atoms with E-state index in [0.717, 1.165) is 16.4 Å². The molecule has 0 bridgehead atoms. The third kappa shape index (κ3) is 8.78. The number of amides is 2. The molecule has 49 heavy (non-hydrogen) atoms. The summed E-state index contributed by atoms with van der Waals surface area (Å²) in [6.45, 7) is 5.56. The monoisotopic (exact) mass is 700 g/mol. The molecule has 262 valence electrons. The van der Waals surface area contributed by atoms with Crippen molar-refractivity contribution in [2.24, 2.45) is 5.92 Å². The number of anilines is 1. The molecule has 0 radical (unpaired) electrons. The van der Waals surface area contributed by atoms with Crippen LogP contribution in [0, 0.1) is 17.2 Å². The number of rotatable bonds is 8. The first-order valence-electron chi connectivity index (χ1n) is 15.5. The quantitative estimate of drug-likeness (QED) is 0.292. The number of nitriles is 1. The normalized spacial score (nSPS) is 15.7. The minimum Gasteiger partial charge on any atom is -0.444 e. The van der Waals surface area contributed by atoms with Crippen LogP contribution in [0.2, 0.25) is 0 Å². The van der Waals surface area contributed by atoms with E-state index in [1.807, 2.05) is 0 Å². The van der Waals surface area contributed by atoms with Gasteiger partial charge in [0.15, 0.2) is 0 Å². The standard InChI is InChI=1S/C35H39F3N4O6S/c1-33(2,3)48-32(44)42-17-15-27(16-18-42)34(45,31(43)40-28-12-9-26(22-39)30(20-28)35(36,37)38)21-23-7-6-8-25(19-23)24-10-13-29(14-11-24)49(46,47)41(4)5/h6-14,19-20,27,45H,15-18,21H2,1-5H3,(H,40,43). The van der Waals surface area contributed by atoms with Crippen molar-refractivity contribution < 1.29 is 41.0 Å². The number of ether oxygens (including phenoxy) is 1. The number of piperidine rings is 1. The molecule has 1 fully saturated rings. The van der Waals surface area contributed by atoms with E-state index in [9.17, 15) is 41.5 Å². The van der Waals surface area contributed by atoms with Crippen LogP contribution in [0.1, 0.15) is 50.3 Å². The molecule has 2 N–H and O–H groups in total. The van der Waals surface area contributed by atoms with Gasteiger partial charge in [-0.15, -0.1) is 0 Å². The predicted molar refractivity (Wildman–Crippen MR) is 177 cm³/mol. The lowest BCUT2D eigenvalue weighted by Crippen LogP contribution is -2.55. The van der Waals surface area contributed by atoms with E-state index in [-0.39, 0.29) is 42.9 Å². The van der Waals surface area contributed by atoms with Gasteiger partial charge >= 0.3 is 12.3 Å². The molecular weight excluding hydrogens is 661 g/mol. The third-order valence-corrected chi connectivity index (χ3v) is 10.1. The minimum absolute atomic E-state index is 0.109. The first-order chi connectivity index (χ1) is 22.7. The van der Waals surface area contributed by atoms with Gasteiger partial charge in [-0.25, -0.2) is 17.5 Å². The summed E-state index contributed by atoms with van der Waals surface area (Å²) in [5, 5.41) is 23.8. The lowest BCUT2D eigenvalue weighted by molar-refractivity contribution is -0.142. The Morgan fingerprint density at radius 2 is 1.63 bits per heavy atom. The molecule has 4 rings (SSSR count). The Balaban J connectivity index is 1.65. The number of nitrogens with one attached hydrogen (secondary N) is 1. The Morgan fingerprint density at radius 1 is 1.00 bits per heavy atom. The van der Waals surface area contributed by atoms with Gasteiger partial charge < -0.3 is 20.1 Å². The van der Waals surface area contributed by atoms with E-state index in [1.54, 1.807) is 57.2 Å². The van der Waals surface area contributed by atoms with E-state index in [4.69, 9.17) is 4.74 Å². The number of sulfonamides is 1. The fourth-order valence-electron chi connectivity index (χ4n) is 5.67. The highest BCUT2D eigenvalue weighted by Crippen LogP contribution is 2.37. The summed E-state index contributed by atoms with van der Waals surface area (Å²) >= 11 is 0. The van der Waals surface area contributed by atoms with E-state index < -0.39 is 56.4 Å². The van der Waals surface area contributed by atoms with E-state index in [2.05, 4.69) is 5.32 Å². The van der Waals surface area contributed by atoms with Crippen molar-refractivity contribution in [3.63, 3.8) is 0 Å². The van der Waals surface area contributed by atoms with Crippen LogP contribution in [0.25, 0.3) is 11.1 Å². The fourth-order valence-corrected chi connectivity index (χ4v) is 6.57. The zero-order valence-corrected chi connectivity index (χ0v) is 28.7. The molecule has 0 spiro atoms. The number of nitrogens with zero attached hydrogens (tertiary/aromatic N) is 3. The summed E-state index contributed by atoms with van der Waals surface area (Å²) in [5.41, 5.74) is -3.05. The molecule has 14 heteroatoms. The van der Waals surface area contributed by atoms with Crippen molar-refractivity contribution >= 4 is 27.7 Å². The Kier molecular flexibility index (Phi) is 10.8. The van der Waals surface area contributed by atoms with Crippen LogP contribution in [-0.2, 0) is 32.2 Å². The third-order valence-electron chi connectivity index (χ3n) is 8.29. The number of halogens is 3. The molecule has 3 aromatic rings. The van der Waals surface area contributed by atoms with Gasteiger partial charge in [0, 0.05) is 45.2 Å². The molecule has 2 amide bonds. The molecule has 0 saturated carbocycles. The second-order valence-corrected chi connectivity index (χ2v) is 15.3. The van der Waals surface area contributed by atoms with Crippen molar-refractivity contribution in [3.05, 3.63) is 83.4 Å². The van der Waals surface area contributed by atoms with Crippen LogP contribution < -0.4 is 5.32 Å². The molecule has 1 atom stereocenters. The van der Waals surface area contributed by atoms with E-state index in [1.165, 1.54) is 37.2 Å². The summed E-state index contributed by atoms with van der Waals surface area (Å²) in [6, 6.07) is 17.5. The van der Waals surface area contributed by atoms with Gasteiger partial charge in [-0.2, -0.15) is 18.4 Å². The molecule has 0 aromatic heterocycles. The smallest absolute Gasteiger partial charge is 0.417 e. The summed E-state index contributed by atoms with van der Waals surface area (Å²) in [5.74, 6) is -1.64. The van der Waals surface area contributed by atoms with Crippen molar-refractivity contribution in [1.29, 1.82) is 5.26 Å². The molecule has 1 aliphatic rings. The number of hydrogen-bond acceptors (Lipinski definition) is 7. The average molecular weight is 701 g/mol. The maximum atomic E-state index is 13.9. The summed E-state index contributed by atoms with van der Waals surface area (Å²) in [4.78, 5) is 28.2. The number of benzene rings is 3. The number of carbonyl (C=O) groups excluding carboxylic acids is 2. The summed E-state index contributed by atoms with van der Waals surface area (Å²) < 4.78 is 72.6. The first-order valence-corrected chi connectivity index (χ1v) is 16.9. The maximum absolute atomic E-state index is 13.9. The lowest BCUT2D eigenvalue weighted by Gasteiger charge is -2.41. The minimum atomic E-state index is -4.86.